The minimum absolute atomic E-state index is 0.00842. The van der Waals surface area contributed by atoms with Crippen molar-refractivity contribution in [3.63, 3.8) is 0 Å². The van der Waals surface area contributed by atoms with E-state index < -0.39 is 5.91 Å². The molecule has 6 heteroatoms. The van der Waals surface area contributed by atoms with Gasteiger partial charge in [-0.3, -0.25) is 20.4 Å². The molecule has 3 N–H and O–H groups in total. The van der Waals surface area contributed by atoms with Gasteiger partial charge in [-0.25, -0.2) is 0 Å². The SMILES string of the molecule is CCCCSCC(=O)NNC(=O)c1cccc(O)c1. The molecule has 0 atom stereocenters. The average molecular weight is 282 g/mol. The third-order valence-electron chi connectivity index (χ3n) is 2.30. The van der Waals surface area contributed by atoms with Crippen LogP contribution in [0, 0.1) is 0 Å². The molecule has 104 valence electrons. The number of hydrogen-bond donors (Lipinski definition) is 3. The first-order valence-electron chi connectivity index (χ1n) is 6.09. The van der Waals surface area contributed by atoms with Crippen molar-refractivity contribution in [3.8, 4) is 5.75 Å². The number of aromatic hydroxyl groups is 1. The van der Waals surface area contributed by atoms with Crippen molar-refractivity contribution < 1.29 is 14.7 Å². The van der Waals surface area contributed by atoms with Gasteiger partial charge in [0.05, 0.1) is 5.75 Å². The number of thioether (sulfide) groups is 1. The molecule has 0 unspecified atom stereocenters. The van der Waals surface area contributed by atoms with Crippen LogP contribution in [0.4, 0.5) is 0 Å². The number of hydrazine groups is 1. The van der Waals surface area contributed by atoms with Crippen LogP contribution in [0.2, 0.25) is 0 Å². The minimum atomic E-state index is -0.456. The highest BCUT2D eigenvalue weighted by Crippen LogP contribution is 2.10. The molecule has 0 radical (unpaired) electrons. The number of hydrogen-bond acceptors (Lipinski definition) is 4. The molecule has 19 heavy (non-hydrogen) atoms. The summed E-state index contributed by atoms with van der Waals surface area (Å²) in [5, 5.41) is 9.24. The molecule has 2 amide bonds. The van der Waals surface area contributed by atoms with Crippen molar-refractivity contribution in [1.82, 2.24) is 10.9 Å². The molecule has 1 rings (SSSR count). The van der Waals surface area contributed by atoms with E-state index in [1.807, 2.05) is 0 Å². The van der Waals surface area contributed by atoms with Crippen LogP contribution in [0.5, 0.6) is 5.75 Å². The molecule has 1 aromatic rings. The van der Waals surface area contributed by atoms with Gasteiger partial charge in [0.1, 0.15) is 5.75 Å². The maximum absolute atomic E-state index is 11.6. The lowest BCUT2D eigenvalue weighted by atomic mass is 10.2. The van der Waals surface area contributed by atoms with Crippen molar-refractivity contribution in [2.24, 2.45) is 0 Å². The fourth-order valence-electron chi connectivity index (χ4n) is 1.29. The van der Waals surface area contributed by atoms with Gasteiger partial charge in [-0.1, -0.05) is 19.4 Å². The molecule has 0 saturated carbocycles. The van der Waals surface area contributed by atoms with Gasteiger partial charge in [0.2, 0.25) is 5.91 Å². The number of carbonyl (C=O) groups is 2. The van der Waals surface area contributed by atoms with Gasteiger partial charge in [0.25, 0.3) is 5.91 Å². The summed E-state index contributed by atoms with van der Waals surface area (Å²) in [4.78, 5) is 23.0. The summed E-state index contributed by atoms with van der Waals surface area (Å²) in [6.45, 7) is 2.09. The van der Waals surface area contributed by atoms with Crippen LogP contribution in [-0.2, 0) is 4.79 Å². The van der Waals surface area contributed by atoms with Crippen LogP contribution in [0.15, 0.2) is 24.3 Å². The van der Waals surface area contributed by atoms with E-state index in [-0.39, 0.29) is 11.7 Å². The Morgan fingerprint density at radius 3 is 2.79 bits per heavy atom. The van der Waals surface area contributed by atoms with Crippen molar-refractivity contribution in [3.05, 3.63) is 29.8 Å². The molecular weight excluding hydrogens is 264 g/mol. The second-order valence-corrected chi connectivity index (χ2v) is 5.06. The summed E-state index contributed by atoms with van der Waals surface area (Å²) in [6, 6.07) is 5.92. The van der Waals surface area contributed by atoms with Crippen molar-refractivity contribution >= 4 is 23.6 Å². The maximum Gasteiger partial charge on any atom is 0.269 e. The Kier molecular flexibility index (Phi) is 6.81. The third kappa shape index (κ3) is 6.15. The van der Waals surface area contributed by atoms with E-state index in [4.69, 9.17) is 0 Å². The van der Waals surface area contributed by atoms with Crippen molar-refractivity contribution in [1.29, 1.82) is 0 Å². The van der Waals surface area contributed by atoms with E-state index in [1.165, 1.54) is 23.9 Å². The molecule has 0 aliphatic rings. The normalized spacial score (nSPS) is 9.95. The Balaban J connectivity index is 2.28. The summed E-state index contributed by atoms with van der Waals surface area (Å²) in [5.41, 5.74) is 4.93. The number of phenolic OH excluding ortho intramolecular Hbond substituents is 1. The zero-order valence-corrected chi connectivity index (χ0v) is 11.6. The van der Waals surface area contributed by atoms with E-state index in [1.54, 1.807) is 12.1 Å². The Labute approximate surface area is 116 Å². The third-order valence-corrected chi connectivity index (χ3v) is 3.34. The molecule has 0 fully saturated rings. The van der Waals surface area contributed by atoms with E-state index >= 15 is 0 Å². The lowest BCUT2D eigenvalue weighted by Crippen LogP contribution is -2.42. The smallest absolute Gasteiger partial charge is 0.269 e. The molecule has 0 heterocycles. The van der Waals surface area contributed by atoms with Crippen LogP contribution in [-0.4, -0.2) is 28.4 Å². The Hall–Kier alpha value is -1.69. The van der Waals surface area contributed by atoms with Gasteiger partial charge in [0, 0.05) is 5.56 Å². The summed E-state index contributed by atoms with van der Waals surface area (Å²) >= 11 is 1.53. The number of rotatable bonds is 6. The van der Waals surface area contributed by atoms with E-state index in [9.17, 15) is 14.7 Å². The van der Waals surface area contributed by atoms with Crippen molar-refractivity contribution in [2.45, 2.75) is 19.8 Å². The number of amides is 2. The highest BCUT2D eigenvalue weighted by Gasteiger charge is 2.07. The van der Waals surface area contributed by atoms with E-state index in [2.05, 4.69) is 17.8 Å². The van der Waals surface area contributed by atoms with Crippen molar-refractivity contribution in [2.75, 3.05) is 11.5 Å². The van der Waals surface area contributed by atoms with E-state index in [0.29, 0.717) is 11.3 Å². The number of phenols is 1. The fraction of sp³-hybridized carbons (Fsp3) is 0.385. The van der Waals surface area contributed by atoms with Crippen LogP contribution >= 0.6 is 11.8 Å². The molecular formula is C13H18N2O3S. The second kappa shape index (κ2) is 8.42. The van der Waals surface area contributed by atoms with Crippen LogP contribution in [0.1, 0.15) is 30.1 Å². The largest absolute Gasteiger partial charge is 0.508 e. The average Bonchev–Trinajstić information content (AvgIpc) is 2.41. The van der Waals surface area contributed by atoms with Crippen LogP contribution < -0.4 is 10.9 Å². The first-order chi connectivity index (χ1) is 9.13. The minimum Gasteiger partial charge on any atom is -0.508 e. The lowest BCUT2D eigenvalue weighted by molar-refractivity contribution is -0.119. The van der Waals surface area contributed by atoms with Crippen LogP contribution in [0.3, 0.4) is 0 Å². The Bertz CT molecular complexity index is 438. The van der Waals surface area contributed by atoms with Gasteiger partial charge < -0.3 is 5.11 Å². The first kappa shape index (κ1) is 15.4. The lowest BCUT2D eigenvalue weighted by Gasteiger charge is -2.07. The van der Waals surface area contributed by atoms with Gasteiger partial charge in [-0.15, -0.1) is 0 Å². The summed E-state index contributed by atoms with van der Waals surface area (Å²) in [7, 11) is 0. The number of unbranched alkanes of at least 4 members (excludes halogenated alkanes) is 1. The quantitative estimate of drug-likeness (QED) is 0.548. The van der Waals surface area contributed by atoms with Gasteiger partial charge >= 0.3 is 0 Å². The highest BCUT2D eigenvalue weighted by molar-refractivity contribution is 7.99. The second-order valence-electron chi connectivity index (χ2n) is 3.96. The molecule has 0 aliphatic carbocycles. The van der Waals surface area contributed by atoms with Gasteiger partial charge in [-0.05, 0) is 30.4 Å². The predicted molar refractivity (Wildman–Crippen MR) is 75.9 cm³/mol. The summed E-state index contributed by atoms with van der Waals surface area (Å²) in [5.74, 6) is 0.566. The van der Waals surface area contributed by atoms with Gasteiger partial charge in [0.15, 0.2) is 0 Å². The zero-order chi connectivity index (χ0) is 14.1. The molecule has 5 nitrogen and oxygen atoms in total. The number of carbonyl (C=O) groups excluding carboxylic acids is 2. The Morgan fingerprint density at radius 1 is 1.32 bits per heavy atom. The molecule has 0 bridgehead atoms. The maximum atomic E-state index is 11.6. The highest BCUT2D eigenvalue weighted by atomic mass is 32.2. The van der Waals surface area contributed by atoms with Gasteiger partial charge in [-0.2, -0.15) is 11.8 Å². The molecule has 0 aliphatic heterocycles. The van der Waals surface area contributed by atoms with E-state index in [0.717, 1.165) is 18.6 Å². The van der Waals surface area contributed by atoms with Crippen LogP contribution in [0.25, 0.3) is 0 Å². The summed E-state index contributed by atoms with van der Waals surface area (Å²) in [6.07, 6.45) is 2.18. The number of benzene rings is 1. The fourth-order valence-corrected chi connectivity index (χ4v) is 2.19. The predicted octanol–water partition coefficient (Wildman–Crippen LogP) is 1.69. The molecule has 0 saturated heterocycles. The first-order valence-corrected chi connectivity index (χ1v) is 7.25. The number of nitrogens with one attached hydrogen (secondary N) is 2. The standard InChI is InChI=1S/C13H18N2O3S/c1-2-3-7-19-9-12(17)14-15-13(18)10-5-4-6-11(16)8-10/h4-6,8,16H,2-3,7,9H2,1H3,(H,14,17)(H,15,18). The molecule has 0 aromatic heterocycles. The summed E-state index contributed by atoms with van der Waals surface area (Å²) < 4.78 is 0. The monoisotopic (exact) mass is 282 g/mol. The zero-order valence-electron chi connectivity index (χ0n) is 10.8. The molecule has 1 aromatic carbocycles. The topological polar surface area (TPSA) is 78.4 Å². The molecule has 0 spiro atoms. The Morgan fingerprint density at radius 2 is 2.11 bits per heavy atom.